The summed E-state index contributed by atoms with van der Waals surface area (Å²) in [5.74, 6) is 1.31. The maximum Gasteiger partial charge on any atom is 0.232 e. The first-order valence-corrected chi connectivity index (χ1v) is 7.88. The number of phenolic OH excluding ortho intramolecular Hbond substituents is 1. The molecule has 0 unspecified atom stereocenters. The van der Waals surface area contributed by atoms with Gasteiger partial charge >= 0.3 is 0 Å². The molecule has 0 spiro atoms. The highest BCUT2D eigenvalue weighted by molar-refractivity contribution is 6.14. The molecular formula is C18H18NO4+. The van der Waals surface area contributed by atoms with Crippen LogP contribution in [-0.2, 0) is 6.54 Å². The molecule has 2 N–H and O–H groups in total. The lowest BCUT2D eigenvalue weighted by Gasteiger charge is -2.15. The first kappa shape index (κ1) is 14.1. The molecule has 1 fully saturated rings. The topological polar surface area (TPSA) is 64.1 Å². The molecule has 1 aromatic carbocycles. The fourth-order valence-corrected chi connectivity index (χ4v) is 3.27. The van der Waals surface area contributed by atoms with Crippen molar-refractivity contribution in [3.8, 4) is 11.5 Å². The van der Waals surface area contributed by atoms with Gasteiger partial charge in [-0.25, -0.2) is 0 Å². The number of hydrogen-bond donors (Lipinski definition) is 2. The van der Waals surface area contributed by atoms with Crippen LogP contribution in [0.4, 0.5) is 0 Å². The van der Waals surface area contributed by atoms with Crippen molar-refractivity contribution >= 4 is 11.9 Å². The molecule has 5 heteroatoms. The summed E-state index contributed by atoms with van der Waals surface area (Å²) < 4.78 is 11.0. The first-order valence-electron chi connectivity index (χ1n) is 7.88. The minimum absolute atomic E-state index is 0.172. The Kier molecular flexibility index (Phi) is 3.42. The van der Waals surface area contributed by atoms with Gasteiger partial charge in [-0.1, -0.05) is 0 Å². The van der Waals surface area contributed by atoms with Crippen molar-refractivity contribution < 1.29 is 24.0 Å². The fraction of sp³-hybridized carbons (Fsp3) is 0.278. The van der Waals surface area contributed by atoms with Crippen molar-refractivity contribution in [3.63, 3.8) is 0 Å². The third kappa shape index (κ3) is 2.53. The van der Waals surface area contributed by atoms with Crippen molar-refractivity contribution in [1.29, 1.82) is 0 Å². The number of aromatic hydroxyl groups is 1. The van der Waals surface area contributed by atoms with Crippen LogP contribution in [0.1, 0.15) is 34.5 Å². The van der Waals surface area contributed by atoms with Crippen molar-refractivity contribution in [2.24, 2.45) is 0 Å². The molecular weight excluding hydrogens is 294 g/mol. The summed E-state index contributed by atoms with van der Waals surface area (Å²) in [6.45, 7) is 2.86. The summed E-state index contributed by atoms with van der Waals surface area (Å²) in [4.78, 5) is 13.9. The number of quaternary nitrogens is 1. The number of phenols is 1. The van der Waals surface area contributed by atoms with Crippen LogP contribution in [0.15, 0.2) is 40.7 Å². The predicted molar refractivity (Wildman–Crippen MR) is 83.4 cm³/mol. The lowest BCUT2D eigenvalue weighted by atomic mass is 10.0. The highest BCUT2D eigenvalue weighted by atomic mass is 16.5. The summed E-state index contributed by atoms with van der Waals surface area (Å²) in [6.07, 6.45) is 5.54. The number of nitrogens with one attached hydrogen (secondary N) is 1. The molecule has 2 aliphatic rings. The average molecular weight is 312 g/mol. The smallest absolute Gasteiger partial charge is 0.232 e. The number of likely N-dealkylation sites (tertiary alicyclic amines) is 1. The lowest BCUT2D eigenvalue weighted by molar-refractivity contribution is -0.901. The van der Waals surface area contributed by atoms with Crippen molar-refractivity contribution in [3.05, 3.63) is 53.2 Å². The molecule has 0 atom stereocenters. The summed E-state index contributed by atoms with van der Waals surface area (Å²) in [5, 5.41) is 10.2. The average Bonchev–Trinajstić information content (AvgIpc) is 3.27. The summed E-state index contributed by atoms with van der Waals surface area (Å²) in [5.41, 5.74) is 1.23. The number of carbonyl (C=O) groups is 1. The standard InChI is InChI=1S/C18H17NO4/c20-15-6-5-13-17(21)16(10-12-4-3-9-22-12)23-18(13)14(15)11-19-7-1-2-8-19/h3-6,9-10,20H,1-2,7-8,11H2/p+1/b16-10+. The van der Waals surface area contributed by atoms with Gasteiger partial charge in [-0.3, -0.25) is 4.79 Å². The highest BCUT2D eigenvalue weighted by Gasteiger charge is 2.33. The zero-order valence-electron chi connectivity index (χ0n) is 12.7. The summed E-state index contributed by atoms with van der Waals surface area (Å²) in [7, 11) is 0. The molecule has 23 heavy (non-hydrogen) atoms. The first-order chi connectivity index (χ1) is 11.2. The lowest BCUT2D eigenvalue weighted by Crippen LogP contribution is -3.08. The molecule has 0 radical (unpaired) electrons. The maximum absolute atomic E-state index is 12.5. The molecule has 0 bridgehead atoms. The number of rotatable bonds is 3. The predicted octanol–water partition coefficient (Wildman–Crippen LogP) is 1.78. The van der Waals surface area contributed by atoms with Crippen LogP contribution >= 0.6 is 0 Å². The van der Waals surface area contributed by atoms with Crippen molar-refractivity contribution in [2.45, 2.75) is 19.4 Å². The Bertz CT molecular complexity index is 771. The molecule has 0 saturated carbocycles. The molecule has 2 aliphatic heterocycles. The second kappa shape index (κ2) is 5.59. The quantitative estimate of drug-likeness (QED) is 0.848. The molecule has 1 aromatic heterocycles. The summed E-state index contributed by atoms with van der Waals surface area (Å²) >= 11 is 0. The van der Waals surface area contributed by atoms with Gasteiger partial charge in [0.25, 0.3) is 0 Å². The number of hydrogen-bond acceptors (Lipinski definition) is 4. The molecule has 118 valence electrons. The van der Waals surface area contributed by atoms with Gasteiger partial charge in [0.05, 0.1) is 30.5 Å². The van der Waals surface area contributed by atoms with E-state index in [9.17, 15) is 9.90 Å². The minimum atomic E-state index is -0.172. The van der Waals surface area contributed by atoms with Crippen LogP contribution in [0.3, 0.4) is 0 Å². The number of ether oxygens (including phenoxy) is 1. The van der Waals surface area contributed by atoms with Crippen molar-refractivity contribution in [1.82, 2.24) is 0 Å². The molecule has 2 aromatic rings. The molecule has 5 nitrogen and oxygen atoms in total. The van der Waals surface area contributed by atoms with Crippen LogP contribution in [0.5, 0.6) is 11.5 Å². The van der Waals surface area contributed by atoms with E-state index < -0.39 is 0 Å². The minimum Gasteiger partial charge on any atom is -0.507 e. The fourth-order valence-electron chi connectivity index (χ4n) is 3.27. The van der Waals surface area contributed by atoms with Crippen LogP contribution in [0.25, 0.3) is 6.08 Å². The van der Waals surface area contributed by atoms with E-state index in [0.29, 0.717) is 23.6 Å². The Hall–Kier alpha value is -2.53. The van der Waals surface area contributed by atoms with Gasteiger partial charge < -0.3 is 19.2 Å². The number of fused-ring (bicyclic) bond motifs is 1. The monoisotopic (exact) mass is 312 g/mol. The zero-order valence-corrected chi connectivity index (χ0v) is 12.7. The molecule has 0 aliphatic carbocycles. The Balaban J connectivity index is 1.69. The number of carbonyl (C=O) groups excluding carboxylic acids is 1. The van der Waals surface area contributed by atoms with Gasteiger partial charge in [-0.05, 0) is 24.3 Å². The molecule has 4 rings (SSSR count). The number of ketones is 1. The SMILES string of the molecule is O=C1/C(=C\c2ccco2)Oc2c1ccc(O)c2C[NH+]1CCCC1. The third-order valence-corrected chi connectivity index (χ3v) is 4.47. The number of Topliss-reactive ketones (excluding diaryl/α,β-unsaturated/α-hetero) is 1. The normalized spacial score (nSPS) is 19.3. The van der Waals surface area contributed by atoms with Gasteiger partial charge in [0, 0.05) is 18.9 Å². The Morgan fingerprint density at radius 1 is 1.22 bits per heavy atom. The van der Waals surface area contributed by atoms with Gasteiger partial charge in [-0.2, -0.15) is 0 Å². The van der Waals surface area contributed by atoms with E-state index in [1.807, 2.05) is 0 Å². The third-order valence-electron chi connectivity index (χ3n) is 4.47. The van der Waals surface area contributed by atoms with E-state index in [-0.39, 0.29) is 17.3 Å². The second-order valence-electron chi connectivity index (χ2n) is 6.03. The van der Waals surface area contributed by atoms with Gasteiger partial charge in [-0.15, -0.1) is 0 Å². The van der Waals surface area contributed by atoms with Gasteiger partial charge in [0.2, 0.25) is 5.78 Å². The van der Waals surface area contributed by atoms with Gasteiger partial charge in [0.15, 0.2) is 11.5 Å². The molecule has 3 heterocycles. The number of allylic oxidation sites excluding steroid dienone is 1. The van der Waals surface area contributed by atoms with E-state index >= 15 is 0 Å². The zero-order chi connectivity index (χ0) is 15.8. The van der Waals surface area contributed by atoms with E-state index in [2.05, 4.69) is 0 Å². The van der Waals surface area contributed by atoms with Crippen LogP contribution in [0, 0.1) is 0 Å². The Morgan fingerprint density at radius 2 is 2.04 bits per heavy atom. The largest absolute Gasteiger partial charge is 0.507 e. The van der Waals surface area contributed by atoms with Gasteiger partial charge in [0.1, 0.15) is 18.1 Å². The van der Waals surface area contributed by atoms with E-state index in [1.165, 1.54) is 17.7 Å². The summed E-state index contributed by atoms with van der Waals surface area (Å²) in [6, 6.07) is 6.73. The van der Waals surface area contributed by atoms with E-state index in [1.54, 1.807) is 36.6 Å². The number of furan rings is 1. The van der Waals surface area contributed by atoms with Crippen LogP contribution in [-0.4, -0.2) is 24.0 Å². The van der Waals surface area contributed by atoms with E-state index in [0.717, 1.165) is 18.7 Å². The molecule has 1 saturated heterocycles. The number of benzene rings is 1. The second-order valence-corrected chi connectivity index (χ2v) is 6.03. The van der Waals surface area contributed by atoms with Crippen LogP contribution in [0.2, 0.25) is 0 Å². The Labute approximate surface area is 133 Å². The molecule has 0 amide bonds. The van der Waals surface area contributed by atoms with Crippen LogP contribution < -0.4 is 9.64 Å². The Morgan fingerprint density at radius 3 is 2.78 bits per heavy atom. The van der Waals surface area contributed by atoms with E-state index in [4.69, 9.17) is 9.15 Å². The highest BCUT2D eigenvalue weighted by Crippen LogP contribution is 2.39. The van der Waals surface area contributed by atoms with Crippen molar-refractivity contribution in [2.75, 3.05) is 13.1 Å². The maximum atomic E-state index is 12.5.